The van der Waals surface area contributed by atoms with Crippen molar-refractivity contribution in [3.63, 3.8) is 0 Å². The van der Waals surface area contributed by atoms with E-state index in [0.29, 0.717) is 0 Å². The monoisotopic (exact) mass is 274 g/mol. The Morgan fingerprint density at radius 3 is 1.45 bits per heavy atom. The van der Waals surface area contributed by atoms with E-state index in [9.17, 15) is 19.2 Å². The van der Waals surface area contributed by atoms with Crippen molar-refractivity contribution in [3.8, 4) is 0 Å². The average Bonchev–Trinajstić information content (AvgIpc) is 2.48. The van der Waals surface area contributed by atoms with Gasteiger partial charge in [0.25, 0.3) is 0 Å². The fraction of sp³-hybridized carbons (Fsp3) is 0.143. The van der Waals surface area contributed by atoms with Gasteiger partial charge in [0.1, 0.15) is 0 Å². The Labute approximate surface area is 114 Å². The molecule has 0 amide bonds. The topological polar surface area (TPSA) is 86.7 Å². The number of hydrogen-bond acceptors (Lipinski definition) is 6. The standard InChI is InChI=1S/C14H10O6/c1-19-13(17)7-3-4-8(14(18)20-2)12-10(16)6-5-9(15)11(7)12/h3-6H,1-2H3. The van der Waals surface area contributed by atoms with E-state index in [1.807, 2.05) is 0 Å². The van der Waals surface area contributed by atoms with Crippen molar-refractivity contribution in [1.29, 1.82) is 0 Å². The molecule has 102 valence electrons. The van der Waals surface area contributed by atoms with E-state index >= 15 is 0 Å². The van der Waals surface area contributed by atoms with Crippen LogP contribution in [0.5, 0.6) is 0 Å². The first-order valence-electron chi connectivity index (χ1n) is 5.61. The Morgan fingerprint density at radius 2 is 1.15 bits per heavy atom. The quantitative estimate of drug-likeness (QED) is 0.753. The first-order valence-corrected chi connectivity index (χ1v) is 5.61. The number of hydrogen-bond donors (Lipinski definition) is 0. The lowest BCUT2D eigenvalue weighted by Crippen LogP contribution is -2.22. The first kappa shape index (κ1) is 13.7. The molecule has 2 rings (SSSR count). The fourth-order valence-corrected chi connectivity index (χ4v) is 1.99. The minimum absolute atomic E-state index is 0.0575. The number of methoxy groups -OCH3 is 2. The van der Waals surface area contributed by atoms with Crippen molar-refractivity contribution >= 4 is 23.5 Å². The van der Waals surface area contributed by atoms with Crippen LogP contribution in [0.15, 0.2) is 24.3 Å². The molecule has 0 heterocycles. The van der Waals surface area contributed by atoms with Gasteiger partial charge in [-0.05, 0) is 24.3 Å². The summed E-state index contributed by atoms with van der Waals surface area (Å²) in [5.41, 5.74) is -0.379. The lowest BCUT2D eigenvalue weighted by atomic mass is 9.87. The molecule has 0 aromatic heterocycles. The first-order chi connectivity index (χ1) is 9.51. The van der Waals surface area contributed by atoms with Crippen LogP contribution >= 0.6 is 0 Å². The normalized spacial score (nSPS) is 12.9. The molecular formula is C14H10O6. The molecule has 0 saturated carbocycles. The molecule has 0 radical (unpaired) electrons. The lowest BCUT2D eigenvalue weighted by molar-refractivity contribution is 0.0583. The van der Waals surface area contributed by atoms with Gasteiger partial charge >= 0.3 is 11.9 Å². The van der Waals surface area contributed by atoms with E-state index in [2.05, 4.69) is 9.47 Å². The van der Waals surface area contributed by atoms with E-state index in [4.69, 9.17) is 0 Å². The van der Waals surface area contributed by atoms with Crippen LogP contribution in [0.3, 0.4) is 0 Å². The third-order valence-electron chi connectivity index (χ3n) is 2.89. The van der Waals surface area contributed by atoms with Crippen LogP contribution in [0.2, 0.25) is 0 Å². The highest BCUT2D eigenvalue weighted by Gasteiger charge is 2.30. The Bertz CT molecular complexity index is 611. The Balaban J connectivity index is 2.79. The molecule has 0 saturated heterocycles. The number of carbonyl (C=O) groups excluding carboxylic acids is 4. The van der Waals surface area contributed by atoms with Crippen molar-refractivity contribution in [2.75, 3.05) is 14.2 Å². The molecule has 0 bridgehead atoms. The van der Waals surface area contributed by atoms with E-state index in [-0.39, 0.29) is 22.3 Å². The number of rotatable bonds is 2. The molecule has 0 atom stereocenters. The molecule has 1 aliphatic carbocycles. The largest absolute Gasteiger partial charge is 0.465 e. The van der Waals surface area contributed by atoms with Gasteiger partial charge in [0.2, 0.25) is 0 Å². The van der Waals surface area contributed by atoms with Crippen molar-refractivity contribution in [1.82, 2.24) is 0 Å². The van der Waals surface area contributed by atoms with Gasteiger partial charge in [-0.3, -0.25) is 9.59 Å². The van der Waals surface area contributed by atoms with E-state index in [1.54, 1.807) is 0 Å². The summed E-state index contributed by atoms with van der Waals surface area (Å²) in [6.45, 7) is 0. The van der Waals surface area contributed by atoms with E-state index in [1.165, 1.54) is 12.1 Å². The van der Waals surface area contributed by atoms with Crippen LogP contribution in [0.25, 0.3) is 0 Å². The van der Waals surface area contributed by atoms with Crippen LogP contribution in [0.4, 0.5) is 0 Å². The van der Waals surface area contributed by atoms with Crippen molar-refractivity contribution in [2.45, 2.75) is 0 Å². The van der Waals surface area contributed by atoms with Crippen molar-refractivity contribution in [3.05, 3.63) is 46.5 Å². The zero-order valence-electron chi connectivity index (χ0n) is 10.8. The summed E-state index contributed by atoms with van der Waals surface area (Å²) < 4.78 is 9.14. The van der Waals surface area contributed by atoms with Gasteiger partial charge in [-0.25, -0.2) is 9.59 Å². The van der Waals surface area contributed by atoms with Gasteiger partial charge in [0.05, 0.1) is 25.3 Å². The van der Waals surface area contributed by atoms with E-state index < -0.39 is 23.5 Å². The maximum absolute atomic E-state index is 11.9. The second kappa shape index (κ2) is 5.08. The Hall–Kier alpha value is -2.76. The average molecular weight is 274 g/mol. The van der Waals surface area contributed by atoms with Gasteiger partial charge in [-0.1, -0.05) is 0 Å². The predicted octanol–water partition coefficient (Wildman–Crippen LogP) is 1.20. The minimum Gasteiger partial charge on any atom is -0.465 e. The second-order valence-electron chi connectivity index (χ2n) is 3.96. The summed E-state index contributed by atoms with van der Waals surface area (Å²) in [6, 6.07) is 2.53. The molecule has 1 aliphatic rings. The lowest BCUT2D eigenvalue weighted by Gasteiger charge is -2.15. The number of allylic oxidation sites excluding steroid dienone is 2. The second-order valence-corrected chi connectivity index (χ2v) is 3.96. The summed E-state index contributed by atoms with van der Waals surface area (Å²) in [4.78, 5) is 47.2. The molecule has 0 N–H and O–H groups in total. The third-order valence-corrected chi connectivity index (χ3v) is 2.89. The minimum atomic E-state index is -0.755. The number of ketones is 2. The van der Waals surface area contributed by atoms with Crippen LogP contribution in [0, 0.1) is 0 Å². The molecule has 6 heteroatoms. The van der Waals surface area contributed by atoms with Gasteiger partial charge in [0, 0.05) is 11.1 Å². The molecule has 6 nitrogen and oxygen atoms in total. The number of ether oxygens (including phenoxy) is 2. The maximum atomic E-state index is 11.9. The predicted molar refractivity (Wildman–Crippen MR) is 66.9 cm³/mol. The highest BCUT2D eigenvalue weighted by molar-refractivity contribution is 6.27. The summed E-state index contributed by atoms with van der Waals surface area (Å²) in [5, 5.41) is 0. The zero-order chi connectivity index (χ0) is 14.9. The van der Waals surface area contributed by atoms with Crippen molar-refractivity contribution < 1.29 is 28.7 Å². The summed E-state index contributed by atoms with van der Waals surface area (Å²) >= 11 is 0. The summed E-state index contributed by atoms with van der Waals surface area (Å²) in [7, 11) is 2.32. The summed E-state index contributed by atoms with van der Waals surface area (Å²) in [6.07, 6.45) is 2.11. The summed E-state index contributed by atoms with van der Waals surface area (Å²) in [5.74, 6) is -2.58. The number of benzene rings is 1. The van der Waals surface area contributed by atoms with Crippen LogP contribution in [0.1, 0.15) is 41.4 Å². The molecule has 0 spiro atoms. The molecule has 20 heavy (non-hydrogen) atoms. The van der Waals surface area contributed by atoms with Gasteiger partial charge in [-0.2, -0.15) is 0 Å². The smallest absolute Gasteiger partial charge is 0.338 e. The zero-order valence-corrected chi connectivity index (χ0v) is 10.8. The maximum Gasteiger partial charge on any atom is 0.338 e. The molecule has 0 unspecified atom stereocenters. The van der Waals surface area contributed by atoms with Gasteiger partial charge < -0.3 is 9.47 Å². The van der Waals surface area contributed by atoms with Crippen LogP contribution in [-0.4, -0.2) is 37.7 Å². The molecule has 0 fully saturated rings. The van der Waals surface area contributed by atoms with Gasteiger partial charge in [0.15, 0.2) is 11.6 Å². The van der Waals surface area contributed by atoms with Gasteiger partial charge in [-0.15, -0.1) is 0 Å². The van der Waals surface area contributed by atoms with Crippen LogP contribution < -0.4 is 0 Å². The van der Waals surface area contributed by atoms with E-state index in [0.717, 1.165) is 26.4 Å². The molecular weight excluding hydrogens is 264 g/mol. The highest BCUT2D eigenvalue weighted by atomic mass is 16.5. The van der Waals surface area contributed by atoms with Crippen molar-refractivity contribution in [2.24, 2.45) is 0 Å². The Kier molecular flexibility index (Phi) is 3.47. The molecule has 0 aliphatic heterocycles. The fourth-order valence-electron chi connectivity index (χ4n) is 1.99. The molecule has 1 aromatic rings. The highest BCUT2D eigenvalue weighted by Crippen LogP contribution is 2.26. The third kappa shape index (κ3) is 2.01. The van der Waals surface area contributed by atoms with Crippen LogP contribution in [-0.2, 0) is 9.47 Å². The Morgan fingerprint density at radius 1 is 0.800 bits per heavy atom. The number of carbonyl (C=O) groups is 4. The SMILES string of the molecule is COC(=O)c1ccc(C(=O)OC)c2c1C(=O)C=CC2=O. The molecule has 1 aromatic carbocycles. The number of fused-ring (bicyclic) bond motifs is 1. The number of esters is 2.